The second kappa shape index (κ2) is 11.7. The van der Waals surface area contributed by atoms with Gasteiger partial charge in [-0.2, -0.15) is 0 Å². The number of aliphatic imine (C=N–C) groups is 1. The lowest BCUT2D eigenvalue weighted by Gasteiger charge is -2.36. The van der Waals surface area contributed by atoms with E-state index < -0.39 is 0 Å². The van der Waals surface area contributed by atoms with E-state index in [9.17, 15) is 4.39 Å². The maximum atomic E-state index is 13.3. The van der Waals surface area contributed by atoms with Crippen LogP contribution in [0.4, 0.5) is 4.39 Å². The Morgan fingerprint density at radius 2 is 2.07 bits per heavy atom. The first-order valence-electron chi connectivity index (χ1n) is 9.24. The van der Waals surface area contributed by atoms with Crippen molar-refractivity contribution < 1.29 is 8.91 Å². The van der Waals surface area contributed by atoms with Gasteiger partial charge >= 0.3 is 0 Å². The van der Waals surface area contributed by atoms with E-state index in [1.165, 1.54) is 6.07 Å². The largest absolute Gasteiger partial charge is 0.364 e. The van der Waals surface area contributed by atoms with E-state index >= 15 is 0 Å². The topological polar surface area (TPSA) is 56.9 Å². The lowest BCUT2D eigenvalue weighted by Crippen LogP contribution is -2.52. The number of piperazine rings is 1. The molecule has 1 aromatic heterocycles. The zero-order valence-electron chi connectivity index (χ0n) is 15.9. The van der Waals surface area contributed by atoms with Crippen LogP contribution in [0.15, 0.2) is 44.5 Å². The smallest absolute Gasteiger partial charge is 0.194 e. The highest BCUT2D eigenvalue weighted by Gasteiger charge is 2.20. The van der Waals surface area contributed by atoms with Crippen LogP contribution < -0.4 is 5.32 Å². The van der Waals surface area contributed by atoms with Crippen LogP contribution in [0.3, 0.4) is 0 Å². The lowest BCUT2D eigenvalue weighted by molar-refractivity contribution is 0.169. The molecule has 2 aromatic rings. The molecule has 0 amide bonds. The molecule has 2 heterocycles. The average Bonchev–Trinajstić information content (AvgIpc) is 3.18. The van der Waals surface area contributed by atoms with E-state index in [-0.39, 0.29) is 29.8 Å². The van der Waals surface area contributed by atoms with Crippen molar-refractivity contribution in [2.24, 2.45) is 4.99 Å². The summed E-state index contributed by atoms with van der Waals surface area (Å²) >= 11 is 3.23. The predicted molar refractivity (Wildman–Crippen MR) is 123 cm³/mol. The van der Waals surface area contributed by atoms with Gasteiger partial charge in [-0.3, -0.25) is 9.89 Å². The summed E-state index contributed by atoms with van der Waals surface area (Å²) in [5, 5.41) is 7.36. The van der Waals surface area contributed by atoms with Gasteiger partial charge in [-0.05, 0) is 47.0 Å². The molecule has 1 aliphatic heterocycles. The molecule has 1 N–H and O–H groups in total. The van der Waals surface area contributed by atoms with Crippen molar-refractivity contribution in [2.75, 3.05) is 39.3 Å². The molecule has 154 valence electrons. The van der Waals surface area contributed by atoms with Gasteiger partial charge < -0.3 is 14.7 Å². The summed E-state index contributed by atoms with van der Waals surface area (Å²) in [7, 11) is 0. The fraction of sp³-hybridized carbons (Fsp3) is 0.474. The van der Waals surface area contributed by atoms with Gasteiger partial charge in [-0.25, -0.2) is 4.39 Å². The summed E-state index contributed by atoms with van der Waals surface area (Å²) in [6, 6.07) is 7.03. The van der Waals surface area contributed by atoms with Gasteiger partial charge in [0, 0.05) is 51.9 Å². The van der Waals surface area contributed by atoms with Gasteiger partial charge in [0.2, 0.25) is 0 Å². The van der Waals surface area contributed by atoms with E-state index in [4.69, 9.17) is 9.52 Å². The molecule has 0 radical (unpaired) electrons. The van der Waals surface area contributed by atoms with Gasteiger partial charge in [0.05, 0.1) is 10.2 Å². The highest BCUT2D eigenvalue weighted by atomic mass is 127. The Morgan fingerprint density at radius 3 is 2.71 bits per heavy atom. The molecular weight excluding hydrogens is 540 g/mol. The van der Waals surface area contributed by atoms with Crippen molar-refractivity contribution in [1.29, 1.82) is 0 Å². The quantitative estimate of drug-likeness (QED) is 0.330. The molecule has 9 heteroatoms. The first-order chi connectivity index (χ1) is 13.2. The number of rotatable bonds is 6. The Balaban J connectivity index is 0.00000280. The molecule has 1 aromatic carbocycles. The van der Waals surface area contributed by atoms with Crippen LogP contribution >= 0.6 is 39.9 Å². The SMILES string of the molecule is CCNC(=NCCc1ccc(F)c(Br)c1)N1CCN(Cc2ccon2)CC1.I. The van der Waals surface area contributed by atoms with E-state index in [0.29, 0.717) is 11.0 Å². The van der Waals surface area contributed by atoms with Gasteiger partial charge in [0.1, 0.15) is 12.1 Å². The standard InChI is InChI=1S/C19H25BrFN5O.HI/c1-2-22-19(23-7-5-15-3-4-18(21)17(20)13-15)26-10-8-25(9-11-26)14-16-6-12-27-24-16;/h3-4,6,12-13H,2,5,7-11,14H2,1H3,(H,22,23);1H. The van der Waals surface area contributed by atoms with Crippen LogP contribution in [-0.4, -0.2) is 60.2 Å². The number of aromatic nitrogens is 1. The van der Waals surface area contributed by atoms with Crippen molar-refractivity contribution in [1.82, 2.24) is 20.3 Å². The second-order valence-corrected chi connectivity index (χ2v) is 7.34. The summed E-state index contributed by atoms with van der Waals surface area (Å²) in [4.78, 5) is 9.43. The molecule has 0 bridgehead atoms. The molecule has 0 spiro atoms. The minimum absolute atomic E-state index is 0. The Bertz CT molecular complexity index is 751. The van der Waals surface area contributed by atoms with E-state index in [1.807, 2.05) is 18.2 Å². The normalized spacial score (nSPS) is 15.4. The van der Waals surface area contributed by atoms with Gasteiger partial charge in [-0.15, -0.1) is 24.0 Å². The third-order valence-corrected chi connectivity index (χ3v) is 5.14. The van der Waals surface area contributed by atoms with Crippen LogP contribution in [0.5, 0.6) is 0 Å². The molecule has 0 aliphatic carbocycles. The molecule has 1 fully saturated rings. The van der Waals surface area contributed by atoms with Crippen LogP contribution in [0.1, 0.15) is 18.2 Å². The molecule has 1 saturated heterocycles. The van der Waals surface area contributed by atoms with Gasteiger partial charge in [0.25, 0.3) is 0 Å². The number of guanidine groups is 1. The summed E-state index contributed by atoms with van der Waals surface area (Å²) in [5.74, 6) is 0.707. The summed E-state index contributed by atoms with van der Waals surface area (Å²) in [5.41, 5.74) is 2.04. The number of benzene rings is 1. The van der Waals surface area contributed by atoms with Crippen LogP contribution in [-0.2, 0) is 13.0 Å². The van der Waals surface area contributed by atoms with Crippen molar-refractivity contribution in [3.8, 4) is 0 Å². The Kier molecular flexibility index (Phi) is 9.66. The molecule has 0 unspecified atom stereocenters. The number of halogens is 3. The molecule has 0 atom stereocenters. The second-order valence-electron chi connectivity index (χ2n) is 6.49. The molecule has 0 saturated carbocycles. The minimum Gasteiger partial charge on any atom is -0.364 e. The number of hydrogen-bond acceptors (Lipinski definition) is 4. The monoisotopic (exact) mass is 565 g/mol. The van der Waals surface area contributed by atoms with Crippen LogP contribution in [0.25, 0.3) is 0 Å². The van der Waals surface area contributed by atoms with Gasteiger partial charge in [-0.1, -0.05) is 11.2 Å². The van der Waals surface area contributed by atoms with Crippen LogP contribution in [0, 0.1) is 5.82 Å². The third-order valence-electron chi connectivity index (χ3n) is 4.53. The molecule has 6 nitrogen and oxygen atoms in total. The Labute approximate surface area is 190 Å². The third kappa shape index (κ3) is 6.70. The maximum Gasteiger partial charge on any atom is 0.194 e. The zero-order valence-corrected chi connectivity index (χ0v) is 19.8. The highest BCUT2D eigenvalue weighted by molar-refractivity contribution is 14.0. The number of hydrogen-bond donors (Lipinski definition) is 1. The van der Waals surface area contributed by atoms with E-state index in [1.54, 1.807) is 6.26 Å². The van der Waals surface area contributed by atoms with Crippen molar-refractivity contribution in [3.63, 3.8) is 0 Å². The van der Waals surface area contributed by atoms with Crippen molar-refractivity contribution in [2.45, 2.75) is 19.9 Å². The molecule has 28 heavy (non-hydrogen) atoms. The fourth-order valence-electron chi connectivity index (χ4n) is 3.08. The number of nitrogens with zero attached hydrogens (tertiary/aromatic N) is 4. The first kappa shape index (κ1) is 23.1. The summed E-state index contributed by atoms with van der Waals surface area (Å²) in [6.07, 6.45) is 2.39. The molecule has 3 rings (SSSR count). The lowest BCUT2D eigenvalue weighted by atomic mass is 10.1. The average molecular weight is 566 g/mol. The fourth-order valence-corrected chi connectivity index (χ4v) is 3.50. The van der Waals surface area contributed by atoms with E-state index in [0.717, 1.165) is 62.9 Å². The Hall–Kier alpha value is -1.20. The molecule has 1 aliphatic rings. The number of nitrogens with one attached hydrogen (secondary N) is 1. The van der Waals surface area contributed by atoms with Gasteiger partial charge in [0.15, 0.2) is 5.96 Å². The first-order valence-corrected chi connectivity index (χ1v) is 10.0. The zero-order chi connectivity index (χ0) is 19.1. The predicted octanol–water partition coefficient (Wildman–Crippen LogP) is 3.52. The minimum atomic E-state index is -0.237. The summed E-state index contributed by atoms with van der Waals surface area (Å²) < 4.78 is 18.7. The van der Waals surface area contributed by atoms with Crippen LogP contribution in [0.2, 0.25) is 0 Å². The van der Waals surface area contributed by atoms with Crippen molar-refractivity contribution in [3.05, 3.63) is 52.1 Å². The summed E-state index contributed by atoms with van der Waals surface area (Å²) in [6.45, 7) is 8.16. The maximum absolute atomic E-state index is 13.3. The van der Waals surface area contributed by atoms with Crippen molar-refractivity contribution >= 4 is 45.9 Å². The van der Waals surface area contributed by atoms with E-state index in [2.05, 4.69) is 43.1 Å². The molecular formula is C19H26BrFIN5O. The Morgan fingerprint density at radius 1 is 1.29 bits per heavy atom. The highest BCUT2D eigenvalue weighted by Crippen LogP contribution is 2.17.